The molecule has 3 rings (SSSR count). The number of rotatable bonds is 3. The summed E-state index contributed by atoms with van der Waals surface area (Å²) in [6, 6.07) is 10.5. The molecular formula is C15H20NO3+. The lowest BCUT2D eigenvalue weighted by molar-refractivity contribution is -0.835. The SMILES string of the molecule is CCOC(=O)[C@@H]1[C@@H](c2ccccc2)[N+]12CCOCC2. The van der Waals surface area contributed by atoms with Crippen LogP contribution in [0.1, 0.15) is 18.5 Å². The fraction of sp³-hybridized carbons (Fsp3) is 0.533. The Hall–Kier alpha value is -1.39. The van der Waals surface area contributed by atoms with E-state index < -0.39 is 0 Å². The highest BCUT2D eigenvalue weighted by molar-refractivity contribution is 5.78. The van der Waals surface area contributed by atoms with Crippen LogP contribution in [0, 0.1) is 0 Å². The molecule has 0 aromatic heterocycles. The highest BCUT2D eigenvalue weighted by atomic mass is 16.5. The van der Waals surface area contributed by atoms with Gasteiger partial charge in [-0.2, -0.15) is 0 Å². The van der Waals surface area contributed by atoms with Crippen molar-refractivity contribution in [3.8, 4) is 0 Å². The summed E-state index contributed by atoms with van der Waals surface area (Å²) in [6.07, 6.45) is 0. The quantitative estimate of drug-likeness (QED) is 0.471. The fourth-order valence-corrected chi connectivity index (χ4v) is 3.36. The summed E-state index contributed by atoms with van der Waals surface area (Å²) in [4.78, 5) is 12.2. The molecule has 2 heterocycles. The van der Waals surface area contributed by atoms with E-state index >= 15 is 0 Å². The van der Waals surface area contributed by atoms with E-state index in [1.807, 2.05) is 25.1 Å². The van der Waals surface area contributed by atoms with E-state index in [4.69, 9.17) is 9.47 Å². The Bertz CT molecular complexity index is 454. The third-order valence-corrected chi connectivity index (χ3v) is 4.29. The Morgan fingerprint density at radius 2 is 2.00 bits per heavy atom. The number of esters is 1. The molecule has 102 valence electrons. The van der Waals surface area contributed by atoms with Crippen LogP contribution in [0.5, 0.6) is 0 Å². The van der Waals surface area contributed by atoms with Crippen molar-refractivity contribution in [3.05, 3.63) is 35.9 Å². The number of nitrogens with zero attached hydrogens (tertiary/aromatic N) is 1. The monoisotopic (exact) mass is 262 g/mol. The molecule has 2 saturated heterocycles. The lowest BCUT2D eigenvalue weighted by atomic mass is 10.1. The van der Waals surface area contributed by atoms with Crippen LogP contribution < -0.4 is 0 Å². The molecule has 19 heavy (non-hydrogen) atoms. The van der Waals surface area contributed by atoms with Crippen LogP contribution in [-0.4, -0.2) is 49.4 Å². The first-order chi connectivity index (χ1) is 9.29. The molecule has 4 heteroatoms. The second-order valence-electron chi connectivity index (χ2n) is 5.21. The van der Waals surface area contributed by atoms with Crippen molar-refractivity contribution in [2.45, 2.75) is 19.0 Å². The number of hydrogen-bond donors (Lipinski definition) is 0. The second-order valence-corrected chi connectivity index (χ2v) is 5.21. The molecule has 0 N–H and O–H groups in total. The Kier molecular flexibility index (Phi) is 3.29. The maximum Gasteiger partial charge on any atom is 0.371 e. The molecule has 0 radical (unpaired) electrons. The molecule has 0 aliphatic carbocycles. The van der Waals surface area contributed by atoms with Crippen LogP contribution in [0.4, 0.5) is 0 Å². The van der Waals surface area contributed by atoms with Gasteiger partial charge in [0.25, 0.3) is 0 Å². The fourth-order valence-electron chi connectivity index (χ4n) is 3.36. The van der Waals surface area contributed by atoms with Gasteiger partial charge < -0.3 is 9.47 Å². The molecular weight excluding hydrogens is 242 g/mol. The molecule has 2 aliphatic rings. The number of hydrogen-bond acceptors (Lipinski definition) is 3. The van der Waals surface area contributed by atoms with Gasteiger partial charge in [-0.25, -0.2) is 4.79 Å². The molecule has 4 nitrogen and oxygen atoms in total. The van der Waals surface area contributed by atoms with Gasteiger partial charge in [0.15, 0.2) is 6.04 Å². The van der Waals surface area contributed by atoms with E-state index in [-0.39, 0.29) is 18.1 Å². The van der Waals surface area contributed by atoms with Gasteiger partial charge in [0.2, 0.25) is 6.04 Å². The first-order valence-corrected chi connectivity index (χ1v) is 6.95. The molecule has 0 bridgehead atoms. The standard InChI is InChI=1S/C15H20NO3/c1-2-19-15(17)14-13(12-6-4-3-5-7-12)16(14)8-10-18-11-9-16/h3-7,13-14H,2,8-11H2,1H3/q+1/t13-,14+/m1/s1. The summed E-state index contributed by atoms with van der Waals surface area (Å²) in [5.74, 6) is -0.0572. The number of carbonyl (C=O) groups is 1. The van der Waals surface area contributed by atoms with Gasteiger partial charge in [-0.05, 0) is 6.92 Å². The van der Waals surface area contributed by atoms with Gasteiger partial charge in [-0.15, -0.1) is 0 Å². The molecule has 0 amide bonds. The van der Waals surface area contributed by atoms with E-state index in [1.54, 1.807) is 0 Å². The molecule has 1 aromatic rings. The molecule has 2 aliphatic heterocycles. The Morgan fingerprint density at radius 1 is 1.32 bits per heavy atom. The predicted molar refractivity (Wildman–Crippen MR) is 70.4 cm³/mol. The Morgan fingerprint density at radius 3 is 2.63 bits per heavy atom. The largest absolute Gasteiger partial charge is 0.461 e. The summed E-state index contributed by atoms with van der Waals surface area (Å²) in [5.41, 5.74) is 1.24. The number of quaternary nitrogens is 1. The highest BCUT2D eigenvalue weighted by Gasteiger charge is 2.71. The topological polar surface area (TPSA) is 35.5 Å². The van der Waals surface area contributed by atoms with Crippen LogP contribution in [0.15, 0.2) is 30.3 Å². The lowest BCUT2D eigenvalue weighted by Crippen LogP contribution is -2.43. The van der Waals surface area contributed by atoms with Gasteiger partial charge in [0, 0.05) is 5.56 Å². The first kappa shape index (κ1) is 12.6. The van der Waals surface area contributed by atoms with Gasteiger partial charge >= 0.3 is 5.97 Å². The summed E-state index contributed by atoms with van der Waals surface area (Å²) in [6.45, 7) is 5.60. The number of benzene rings is 1. The summed E-state index contributed by atoms with van der Waals surface area (Å²) >= 11 is 0. The molecule has 1 aromatic carbocycles. The molecule has 0 unspecified atom stereocenters. The van der Waals surface area contributed by atoms with Crippen LogP contribution in [0.25, 0.3) is 0 Å². The van der Waals surface area contributed by atoms with Crippen LogP contribution >= 0.6 is 0 Å². The van der Waals surface area contributed by atoms with Crippen molar-refractivity contribution in [1.29, 1.82) is 0 Å². The number of morpholine rings is 1. The highest BCUT2D eigenvalue weighted by Crippen LogP contribution is 2.53. The molecule has 0 saturated carbocycles. The number of carbonyl (C=O) groups excluding carboxylic acids is 1. The van der Waals surface area contributed by atoms with Crippen LogP contribution in [-0.2, 0) is 14.3 Å². The van der Waals surface area contributed by atoms with Crippen molar-refractivity contribution >= 4 is 5.97 Å². The molecule has 1 spiro atoms. The lowest BCUT2D eigenvalue weighted by Gasteiger charge is -2.26. The van der Waals surface area contributed by atoms with Crippen LogP contribution in [0.2, 0.25) is 0 Å². The van der Waals surface area contributed by atoms with Gasteiger partial charge in [0.1, 0.15) is 13.1 Å². The van der Waals surface area contributed by atoms with Gasteiger partial charge in [-0.1, -0.05) is 30.3 Å². The third-order valence-electron chi connectivity index (χ3n) is 4.29. The minimum atomic E-state index is -0.0572. The van der Waals surface area contributed by atoms with E-state index in [9.17, 15) is 4.79 Å². The average molecular weight is 262 g/mol. The third kappa shape index (κ3) is 2.05. The Labute approximate surface area is 113 Å². The minimum absolute atomic E-state index is 0.0359. The smallest absolute Gasteiger partial charge is 0.371 e. The maximum absolute atomic E-state index is 12.2. The normalized spacial score (nSPS) is 28.1. The zero-order valence-electron chi connectivity index (χ0n) is 11.2. The minimum Gasteiger partial charge on any atom is -0.461 e. The van der Waals surface area contributed by atoms with Crippen molar-refractivity contribution in [2.24, 2.45) is 0 Å². The maximum atomic E-state index is 12.2. The van der Waals surface area contributed by atoms with Crippen molar-refractivity contribution in [2.75, 3.05) is 32.9 Å². The summed E-state index contributed by atoms with van der Waals surface area (Å²) < 4.78 is 11.5. The van der Waals surface area contributed by atoms with Crippen molar-refractivity contribution in [3.63, 3.8) is 0 Å². The first-order valence-electron chi connectivity index (χ1n) is 6.95. The van der Waals surface area contributed by atoms with Crippen molar-refractivity contribution < 1.29 is 18.8 Å². The predicted octanol–water partition coefficient (Wildman–Crippen LogP) is 1.52. The van der Waals surface area contributed by atoms with Crippen molar-refractivity contribution in [1.82, 2.24) is 0 Å². The Balaban J connectivity index is 1.86. The second kappa shape index (κ2) is 4.94. The van der Waals surface area contributed by atoms with Crippen LogP contribution in [0.3, 0.4) is 0 Å². The van der Waals surface area contributed by atoms with E-state index in [1.165, 1.54) is 5.56 Å². The molecule has 2 atom stereocenters. The number of ether oxygens (including phenoxy) is 2. The van der Waals surface area contributed by atoms with E-state index in [0.717, 1.165) is 30.8 Å². The zero-order chi connectivity index (χ0) is 13.3. The van der Waals surface area contributed by atoms with Gasteiger partial charge in [0.05, 0.1) is 19.8 Å². The van der Waals surface area contributed by atoms with Gasteiger partial charge in [-0.3, -0.25) is 4.48 Å². The van der Waals surface area contributed by atoms with E-state index in [2.05, 4.69) is 12.1 Å². The average Bonchev–Trinajstić information content (AvgIpc) is 3.08. The van der Waals surface area contributed by atoms with E-state index in [0.29, 0.717) is 6.61 Å². The summed E-state index contributed by atoms with van der Waals surface area (Å²) in [5, 5.41) is 0. The molecule has 2 fully saturated rings. The summed E-state index contributed by atoms with van der Waals surface area (Å²) in [7, 11) is 0. The zero-order valence-corrected chi connectivity index (χ0v) is 11.2.